The molecule has 1 atom stereocenters. The molecule has 1 heteroatoms. The van der Waals surface area contributed by atoms with Gasteiger partial charge in [0.15, 0.2) is 0 Å². The number of allylic oxidation sites excluding steroid dienone is 1. The van der Waals surface area contributed by atoms with E-state index in [-0.39, 0.29) is 5.92 Å². The van der Waals surface area contributed by atoms with Gasteiger partial charge in [0.2, 0.25) is 0 Å². The second-order valence-corrected chi connectivity index (χ2v) is 4.28. The number of carbonyl (C=O) groups is 1. The molecule has 1 saturated carbocycles. The minimum Gasteiger partial charge on any atom is -0.299 e. The number of hydrogen-bond acceptors (Lipinski definition) is 1. The fraction of sp³-hybridized carbons (Fsp3) is 0.750. The lowest BCUT2D eigenvalue weighted by atomic mass is 9.86. The van der Waals surface area contributed by atoms with Crippen LogP contribution in [0.4, 0.5) is 0 Å². The molecule has 0 aromatic heterocycles. The van der Waals surface area contributed by atoms with Crippen LogP contribution in [0.1, 0.15) is 51.9 Å². The predicted molar refractivity (Wildman–Crippen MR) is 55.6 cm³/mol. The Labute approximate surface area is 81.2 Å². The molecule has 1 nitrogen and oxygen atoms in total. The number of rotatable bonds is 2. The molecule has 0 radical (unpaired) electrons. The lowest BCUT2D eigenvalue weighted by Gasteiger charge is -2.18. The maximum atomic E-state index is 11.7. The Bertz CT molecular complexity index is 193. The van der Waals surface area contributed by atoms with Crippen molar-refractivity contribution in [3.8, 4) is 0 Å². The molecule has 0 aromatic rings. The molecule has 74 valence electrons. The largest absolute Gasteiger partial charge is 0.299 e. The first-order valence-corrected chi connectivity index (χ1v) is 5.37. The molecular formula is C12H20O. The lowest BCUT2D eigenvalue weighted by molar-refractivity contribution is -0.123. The van der Waals surface area contributed by atoms with E-state index in [4.69, 9.17) is 0 Å². The van der Waals surface area contributed by atoms with Gasteiger partial charge in [0.05, 0.1) is 0 Å². The van der Waals surface area contributed by atoms with E-state index >= 15 is 0 Å². The molecular weight excluding hydrogens is 160 g/mol. The number of Topliss-reactive ketones (excluding diaryl/α,β-unsaturated/α-hetero) is 1. The van der Waals surface area contributed by atoms with Gasteiger partial charge in [-0.25, -0.2) is 0 Å². The van der Waals surface area contributed by atoms with Gasteiger partial charge in [-0.2, -0.15) is 0 Å². The van der Waals surface area contributed by atoms with Crippen LogP contribution in [-0.2, 0) is 4.79 Å². The summed E-state index contributed by atoms with van der Waals surface area (Å²) < 4.78 is 0. The highest BCUT2D eigenvalue weighted by Gasteiger charge is 2.19. The van der Waals surface area contributed by atoms with Crippen LogP contribution in [0.2, 0.25) is 0 Å². The molecule has 1 rings (SSSR count). The summed E-state index contributed by atoms with van der Waals surface area (Å²) >= 11 is 0. The van der Waals surface area contributed by atoms with Crippen LogP contribution < -0.4 is 0 Å². The van der Waals surface area contributed by atoms with Crippen LogP contribution >= 0.6 is 0 Å². The Hall–Kier alpha value is -0.590. The molecule has 0 saturated heterocycles. The van der Waals surface area contributed by atoms with E-state index in [1.807, 2.05) is 6.92 Å². The molecule has 1 unspecified atom stereocenters. The summed E-state index contributed by atoms with van der Waals surface area (Å²) in [7, 11) is 0. The van der Waals surface area contributed by atoms with Crippen molar-refractivity contribution in [3.05, 3.63) is 12.2 Å². The Morgan fingerprint density at radius 1 is 1.38 bits per heavy atom. The zero-order valence-electron chi connectivity index (χ0n) is 8.64. The van der Waals surface area contributed by atoms with Gasteiger partial charge in [-0.05, 0) is 26.2 Å². The van der Waals surface area contributed by atoms with Gasteiger partial charge >= 0.3 is 0 Å². The van der Waals surface area contributed by atoms with Gasteiger partial charge in [0.25, 0.3) is 0 Å². The fourth-order valence-electron chi connectivity index (χ4n) is 2.05. The highest BCUT2D eigenvalue weighted by molar-refractivity contribution is 5.81. The van der Waals surface area contributed by atoms with Gasteiger partial charge in [-0.3, -0.25) is 4.79 Å². The molecule has 1 fully saturated rings. The summed E-state index contributed by atoms with van der Waals surface area (Å²) in [6.45, 7) is 5.91. The monoisotopic (exact) mass is 180 g/mol. The van der Waals surface area contributed by atoms with E-state index in [1.54, 1.807) is 0 Å². The summed E-state index contributed by atoms with van der Waals surface area (Å²) in [4.78, 5) is 11.7. The second kappa shape index (κ2) is 5.21. The van der Waals surface area contributed by atoms with Crippen molar-refractivity contribution in [2.45, 2.75) is 51.9 Å². The molecule has 0 heterocycles. The highest BCUT2D eigenvalue weighted by atomic mass is 16.1. The molecule has 1 aliphatic carbocycles. The maximum Gasteiger partial charge on any atom is 0.136 e. The number of hydrogen-bond donors (Lipinski definition) is 0. The summed E-state index contributed by atoms with van der Waals surface area (Å²) in [5, 5.41) is 0. The average molecular weight is 180 g/mol. The molecule has 0 spiro atoms. The van der Waals surface area contributed by atoms with Crippen molar-refractivity contribution < 1.29 is 4.79 Å². The third kappa shape index (κ3) is 3.75. The van der Waals surface area contributed by atoms with E-state index in [1.165, 1.54) is 19.3 Å². The van der Waals surface area contributed by atoms with Gasteiger partial charge < -0.3 is 0 Å². The third-order valence-corrected chi connectivity index (χ3v) is 2.78. The zero-order chi connectivity index (χ0) is 9.68. The van der Waals surface area contributed by atoms with E-state index in [9.17, 15) is 4.79 Å². The van der Waals surface area contributed by atoms with Crippen molar-refractivity contribution in [2.75, 3.05) is 0 Å². The van der Waals surface area contributed by atoms with Crippen LogP contribution in [0, 0.1) is 5.92 Å². The zero-order valence-corrected chi connectivity index (χ0v) is 8.64. The Balaban J connectivity index is 2.46. The quantitative estimate of drug-likeness (QED) is 0.594. The van der Waals surface area contributed by atoms with Crippen molar-refractivity contribution >= 4 is 5.78 Å². The van der Waals surface area contributed by atoms with Gasteiger partial charge in [-0.1, -0.05) is 24.8 Å². The van der Waals surface area contributed by atoms with E-state index in [0.29, 0.717) is 5.78 Å². The highest BCUT2D eigenvalue weighted by Crippen LogP contribution is 2.24. The number of carbonyl (C=O) groups excluding carboxylic acids is 1. The molecule has 0 aliphatic heterocycles. The molecule has 0 bridgehead atoms. The van der Waals surface area contributed by atoms with Gasteiger partial charge in [0, 0.05) is 12.3 Å². The predicted octanol–water partition coefficient (Wildman–Crippen LogP) is 3.49. The number of ketones is 1. The summed E-state index contributed by atoms with van der Waals surface area (Å²) in [6, 6.07) is 0. The van der Waals surface area contributed by atoms with Gasteiger partial charge in [-0.15, -0.1) is 6.58 Å². The Morgan fingerprint density at radius 2 is 2.08 bits per heavy atom. The van der Waals surface area contributed by atoms with Crippen LogP contribution in [0.25, 0.3) is 0 Å². The van der Waals surface area contributed by atoms with Crippen molar-refractivity contribution in [2.24, 2.45) is 5.92 Å². The van der Waals surface area contributed by atoms with E-state index in [0.717, 1.165) is 31.3 Å². The summed E-state index contributed by atoms with van der Waals surface area (Å²) in [6.07, 6.45) is 7.68. The first-order chi connectivity index (χ1) is 6.20. The molecule has 0 amide bonds. The smallest absolute Gasteiger partial charge is 0.136 e. The van der Waals surface area contributed by atoms with Crippen LogP contribution in [0.3, 0.4) is 0 Å². The SMILES string of the molecule is C=C(C)CC1CCCCCCC1=O. The van der Waals surface area contributed by atoms with Crippen molar-refractivity contribution in [1.82, 2.24) is 0 Å². The summed E-state index contributed by atoms with van der Waals surface area (Å²) in [5.41, 5.74) is 1.15. The minimum absolute atomic E-state index is 0.290. The summed E-state index contributed by atoms with van der Waals surface area (Å²) in [5.74, 6) is 0.764. The molecule has 13 heavy (non-hydrogen) atoms. The first-order valence-electron chi connectivity index (χ1n) is 5.37. The second-order valence-electron chi connectivity index (χ2n) is 4.28. The fourth-order valence-corrected chi connectivity index (χ4v) is 2.05. The van der Waals surface area contributed by atoms with Gasteiger partial charge in [0.1, 0.15) is 5.78 Å². The van der Waals surface area contributed by atoms with E-state index in [2.05, 4.69) is 6.58 Å². The average Bonchev–Trinajstić information content (AvgIpc) is 2.04. The van der Waals surface area contributed by atoms with Crippen LogP contribution in [0.15, 0.2) is 12.2 Å². The first kappa shape index (κ1) is 10.5. The molecule has 1 aliphatic rings. The van der Waals surface area contributed by atoms with Crippen LogP contribution in [-0.4, -0.2) is 5.78 Å². The Kier molecular flexibility index (Phi) is 4.20. The lowest BCUT2D eigenvalue weighted by Crippen LogP contribution is -2.16. The Morgan fingerprint density at radius 3 is 2.77 bits per heavy atom. The molecule has 0 aromatic carbocycles. The molecule has 0 N–H and O–H groups in total. The van der Waals surface area contributed by atoms with Crippen LogP contribution in [0.5, 0.6) is 0 Å². The van der Waals surface area contributed by atoms with Crippen molar-refractivity contribution in [3.63, 3.8) is 0 Å². The normalized spacial score (nSPS) is 25.0. The maximum absolute atomic E-state index is 11.7. The topological polar surface area (TPSA) is 17.1 Å². The minimum atomic E-state index is 0.290. The third-order valence-electron chi connectivity index (χ3n) is 2.78. The van der Waals surface area contributed by atoms with E-state index < -0.39 is 0 Å². The standard InChI is InChI=1S/C12H20O/c1-10(2)9-11-7-5-3-4-6-8-12(11)13/h11H,1,3-9H2,2H3. The van der Waals surface area contributed by atoms with Crippen molar-refractivity contribution in [1.29, 1.82) is 0 Å².